The van der Waals surface area contributed by atoms with Gasteiger partial charge in [0.05, 0.1) is 0 Å². The number of hydrogen-bond acceptors (Lipinski definition) is 2. The van der Waals surface area contributed by atoms with Crippen molar-refractivity contribution in [1.29, 1.82) is 0 Å². The summed E-state index contributed by atoms with van der Waals surface area (Å²) in [5.74, 6) is 0. The molecule has 100 valence electrons. The first-order valence-electron chi connectivity index (χ1n) is 6.02. The van der Waals surface area contributed by atoms with Crippen LogP contribution in [0.5, 0.6) is 0 Å². The average molecular weight is 357 g/mol. The van der Waals surface area contributed by atoms with Crippen molar-refractivity contribution in [2.45, 2.75) is 29.2 Å². The summed E-state index contributed by atoms with van der Waals surface area (Å²) in [4.78, 5) is 2.42. The molecule has 0 amide bonds. The molecule has 0 aromatic heterocycles. The highest BCUT2D eigenvalue weighted by molar-refractivity contribution is 9.10. The van der Waals surface area contributed by atoms with Crippen LogP contribution in [0.4, 0.5) is 0 Å². The van der Waals surface area contributed by atoms with Gasteiger partial charge < -0.3 is 5.73 Å². The van der Waals surface area contributed by atoms with Gasteiger partial charge in [-0.15, -0.1) is 0 Å². The third kappa shape index (κ3) is 4.53. The molecule has 0 aliphatic carbocycles. The van der Waals surface area contributed by atoms with Crippen molar-refractivity contribution in [3.05, 3.63) is 57.5 Å². The van der Waals surface area contributed by atoms with Crippen LogP contribution in [-0.4, -0.2) is 6.04 Å². The first-order chi connectivity index (χ1) is 9.04. The fraction of sp³-hybridized carbons (Fsp3) is 0.200. The lowest BCUT2D eigenvalue weighted by molar-refractivity contribution is 0.729. The largest absolute Gasteiger partial charge is 0.328 e. The summed E-state index contributed by atoms with van der Waals surface area (Å²) < 4.78 is 1.09. The van der Waals surface area contributed by atoms with Crippen molar-refractivity contribution in [1.82, 2.24) is 0 Å². The Morgan fingerprint density at radius 1 is 1.21 bits per heavy atom. The van der Waals surface area contributed by atoms with Crippen LogP contribution in [0, 0.1) is 0 Å². The number of rotatable bonds is 4. The lowest BCUT2D eigenvalue weighted by Gasteiger charge is -2.12. The topological polar surface area (TPSA) is 26.0 Å². The van der Waals surface area contributed by atoms with E-state index in [1.165, 1.54) is 15.4 Å². The Hall–Kier alpha value is -0.480. The van der Waals surface area contributed by atoms with E-state index in [2.05, 4.69) is 34.1 Å². The van der Waals surface area contributed by atoms with E-state index in [0.29, 0.717) is 0 Å². The van der Waals surface area contributed by atoms with Gasteiger partial charge in [0.2, 0.25) is 0 Å². The quantitative estimate of drug-likeness (QED) is 0.820. The van der Waals surface area contributed by atoms with E-state index < -0.39 is 0 Å². The monoisotopic (exact) mass is 355 g/mol. The molecule has 1 nitrogen and oxygen atoms in total. The third-order valence-electron chi connectivity index (χ3n) is 2.61. The van der Waals surface area contributed by atoms with Gasteiger partial charge in [0.15, 0.2) is 0 Å². The second-order valence-corrected chi connectivity index (χ2v) is 6.96. The normalized spacial score (nSPS) is 12.4. The van der Waals surface area contributed by atoms with Crippen LogP contribution >= 0.6 is 39.3 Å². The molecular formula is C15H15BrClNS. The molecule has 0 heterocycles. The second-order valence-electron chi connectivity index (χ2n) is 4.49. The van der Waals surface area contributed by atoms with E-state index in [0.717, 1.165) is 15.9 Å². The van der Waals surface area contributed by atoms with Crippen LogP contribution in [0.3, 0.4) is 0 Å². The Morgan fingerprint density at radius 2 is 1.89 bits per heavy atom. The van der Waals surface area contributed by atoms with E-state index in [4.69, 9.17) is 17.3 Å². The molecule has 0 bridgehead atoms. The standard InChI is InChI=1S/C15H15BrClNS/c1-10(18)8-11-9-13(17)4-7-15(11)19-14-5-2-12(16)3-6-14/h2-7,9-10H,8,18H2,1H3. The van der Waals surface area contributed by atoms with Gasteiger partial charge in [-0.1, -0.05) is 39.3 Å². The predicted molar refractivity (Wildman–Crippen MR) is 87.1 cm³/mol. The number of nitrogens with two attached hydrogens (primary N) is 1. The molecule has 2 aromatic carbocycles. The first-order valence-corrected chi connectivity index (χ1v) is 8.01. The number of benzene rings is 2. The van der Waals surface area contributed by atoms with Crippen molar-refractivity contribution in [2.24, 2.45) is 5.73 Å². The van der Waals surface area contributed by atoms with E-state index >= 15 is 0 Å². The summed E-state index contributed by atoms with van der Waals surface area (Å²) in [6, 6.07) is 14.4. The second kappa shape index (κ2) is 6.80. The molecule has 0 saturated carbocycles. The van der Waals surface area contributed by atoms with Gasteiger partial charge in [-0.25, -0.2) is 0 Å². The molecule has 0 spiro atoms. The van der Waals surface area contributed by atoms with E-state index in [9.17, 15) is 0 Å². The maximum Gasteiger partial charge on any atom is 0.0409 e. The summed E-state index contributed by atoms with van der Waals surface area (Å²) in [6.45, 7) is 2.01. The van der Waals surface area contributed by atoms with Crippen molar-refractivity contribution < 1.29 is 0 Å². The SMILES string of the molecule is CC(N)Cc1cc(Cl)ccc1Sc1ccc(Br)cc1. The lowest BCUT2D eigenvalue weighted by atomic mass is 10.1. The van der Waals surface area contributed by atoms with Gasteiger partial charge >= 0.3 is 0 Å². The van der Waals surface area contributed by atoms with Gasteiger partial charge in [-0.2, -0.15) is 0 Å². The first kappa shape index (κ1) is 14.9. The minimum Gasteiger partial charge on any atom is -0.328 e. The molecule has 0 radical (unpaired) electrons. The Bertz CT molecular complexity index is 555. The van der Waals surface area contributed by atoms with Crippen molar-refractivity contribution in [3.63, 3.8) is 0 Å². The van der Waals surface area contributed by atoms with Crippen molar-refractivity contribution >= 4 is 39.3 Å². The number of halogens is 2. The van der Waals surface area contributed by atoms with Crippen LogP contribution in [-0.2, 0) is 6.42 Å². The van der Waals surface area contributed by atoms with E-state index in [1.54, 1.807) is 11.8 Å². The summed E-state index contributed by atoms with van der Waals surface area (Å²) >= 11 is 11.3. The molecule has 0 aliphatic rings. The van der Waals surface area contributed by atoms with E-state index in [1.807, 2.05) is 31.2 Å². The third-order valence-corrected chi connectivity index (χ3v) is 4.50. The van der Waals surface area contributed by atoms with E-state index in [-0.39, 0.29) is 6.04 Å². The van der Waals surface area contributed by atoms with Gasteiger partial charge in [0.25, 0.3) is 0 Å². The van der Waals surface area contributed by atoms with Gasteiger partial charge in [0.1, 0.15) is 0 Å². The molecule has 0 aliphatic heterocycles. The molecular weight excluding hydrogens is 342 g/mol. The smallest absolute Gasteiger partial charge is 0.0409 e. The zero-order valence-electron chi connectivity index (χ0n) is 10.6. The van der Waals surface area contributed by atoms with Crippen LogP contribution in [0.2, 0.25) is 5.02 Å². The van der Waals surface area contributed by atoms with Crippen molar-refractivity contribution in [2.75, 3.05) is 0 Å². The highest BCUT2D eigenvalue weighted by Crippen LogP contribution is 2.33. The molecule has 2 rings (SSSR count). The maximum atomic E-state index is 6.07. The van der Waals surface area contributed by atoms with Crippen LogP contribution in [0.15, 0.2) is 56.7 Å². The fourth-order valence-electron chi connectivity index (χ4n) is 1.78. The molecule has 19 heavy (non-hydrogen) atoms. The Balaban J connectivity index is 2.26. The van der Waals surface area contributed by atoms with Gasteiger partial charge in [0, 0.05) is 25.3 Å². The molecule has 0 fully saturated rings. The lowest BCUT2D eigenvalue weighted by Crippen LogP contribution is -2.18. The highest BCUT2D eigenvalue weighted by Gasteiger charge is 2.07. The zero-order chi connectivity index (χ0) is 13.8. The molecule has 0 saturated heterocycles. The van der Waals surface area contributed by atoms with Gasteiger partial charge in [-0.05, 0) is 61.4 Å². The number of hydrogen-bond donors (Lipinski definition) is 1. The molecule has 2 aromatic rings. The minimum atomic E-state index is 0.128. The van der Waals surface area contributed by atoms with Crippen LogP contribution in [0.25, 0.3) is 0 Å². The zero-order valence-corrected chi connectivity index (χ0v) is 13.7. The molecule has 1 unspecified atom stereocenters. The average Bonchev–Trinajstić information content (AvgIpc) is 2.34. The minimum absolute atomic E-state index is 0.128. The van der Waals surface area contributed by atoms with Crippen LogP contribution in [0.1, 0.15) is 12.5 Å². The summed E-state index contributed by atoms with van der Waals surface area (Å²) in [6.07, 6.45) is 0.833. The summed E-state index contributed by atoms with van der Waals surface area (Å²) in [5, 5.41) is 0.760. The Labute approximate surface area is 131 Å². The Kier molecular flexibility index (Phi) is 5.34. The predicted octanol–water partition coefficient (Wildman–Crippen LogP) is 5.14. The van der Waals surface area contributed by atoms with Crippen LogP contribution < -0.4 is 5.73 Å². The fourth-order valence-corrected chi connectivity index (χ4v) is 3.18. The maximum absolute atomic E-state index is 6.07. The molecule has 4 heteroatoms. The Morgan fingerprint density at radius 3 is 2.53 bits per heavy atom. The summed E-state index contributed by atoms with van der Waals surface area (Å²) in [5.41, 5.74) is 7.10. The highest BCUT2D eigenvalue weighted by atomic mass is 79.9. The van der Waals surface area contributed by atoms with Crippen molar-refractivity contribution in [3.8, 4) is 0 Å². The molecule has 2 N–H and O–H groups in total. The van der Waals surface area contributed by atoms with Gasteiger partial charge in [-0.3, -0.25) is 0 Å². The summed E-state index contributed by atoms with van der Waals surface area (Å²) in [7, 11) is 0. The molecule has 1 atom stereocenters.